The van der Waals surface area contributed by atoms with Crippen LogP contribution in [0.5, 0.6) is 0 Å². The van der Waals surface area contributed by atoms with Gasteiger partial charge in [-0.3, -0.25) is 4.90 Å². The second-order valence-electron chi connectivity index (χ2n) is 7.36. The molecule has 0 amide bonds. The molecule has 1 aliphatic heterocycles. The lowest BCUT2D eigenvalue weighted by Crippen LogP contribution is -2.53. The second-order valence-corrected chi connectivity index (χ2v) is 7.77. The van der Waals surface area contributed by atoms with Crippen LogP contribution in [0.25, 0.3) is 0 Å². The molecule has 1 saturated carbocycles. The first-order chi connectivity index (χ1) is 12.9. The summed E-state index contributed by atoms with van der Waals surface area (Å²) < 4.78 is 0. The van der Waals surface area contributed by atoms with Crippen molar-refractivity contribution >= 4 is 17.3 Å². The highest BCUT2D eigenvalue weighted by atomic mass is 35.5. The van der Waals surface area contributed by atoms with Crippen LogP contribution in [0.1, 0.15) is 25.3 Å². The summed E-state index contributed by atoms with van der Waals surface area (Å²) in [6.07, 6.45) is 1.92. The maximum atomic E-state index is 9.89. The summed E-state index contributed by atoms with van der Waals surface area (Å²) >= 11 is 6.44. The number of hydrogen-bond donors (Lipinski definition) is 1. The Bertz CT molecular complexity index is 913. The summed E-state index contributed by atoms with van der Waals surface area (Å²) in [7, 11) is 0. The normalized spacial score (nSPS) is 27.1. The van der Waals surface area contributed by atoms with Gasteiger partial charge in [-0.2, -0.15) is 15.8 Å². The van der Waals surface area contributed by atoms with Crippen molar-refractivity contribution in [1.82, 2.24) is 4.90 Å². The highest BCUT2D eigenvalue weighted by Gasteiger charge is 2.57. The molecular weight excluding hydrogens is 358 g/mol. The minimum absolute atomic E-state index is 0.0986. The molecule has 6 heteroatoms. The number of fused-ring (bicyclic) bond motifs is 1. The lowest BCUT2D eigenvalue weighted by atomic mass is 9.55. The molecule has 3 atom stereocenters. The molecule has 136 valence electrons. The molecule has 3 rings (SSSR count). The standard InChI is InChI=1S/C21H20ClN5/c1-13(2)27-8-7-16-15(10-27)19(14-5-3-4-6-18(14)22)20(26)17(9-23)21(16,11-24)12-25/h3-7,13,15,17,19,26H,8,10H2,1-2H3/t15-,17?,19-/m1/s1. The third kappa shape index (κ3) is 2.83. The van der Waals surface area contributed by atoms with Crippen LogP contribution in [0.3, 0.4) is 0 Å². The zero-order valence-electron chi connectivity index (χ0n) is 15.3. The number of nitrogens with zero attached hydrogens (tertiary/aromatic N) is 4. The van der Waals surface area contributed by atoms with Gasteiger partial charge in [-0.25, -0.2) is 0 Å². The second kappa shape index (κ2) is 7.16. The highest BCUT2D eigenvalue weighted by Crippen LogP contribution is 2.53. The van der Waals surface area contributed by atoms with E-state index in [1.165, 1.54) is 0 Å². The maximum Gasteiger partial charge on any atom is 0.186 e. The van der Waals surface area contributed by atoms with E-state index < -0.39 is 17.3 Å². The van der Waals surface area contributed by atoms with Crippen LogP contribution < -0.4 is 0 Å². The summed E-state index contributed by atoms with van der Waals surface area (Å²) in [5.74, 6) is -1.77. The maximum absolute atomic E-state index is 9.89. The minimum Gasteiger partial charge on any atom is -0.308 e. The fourth-order valence-corrected chi connectivity index (χ4v) is 4.56. The van der Waals surface area contributed by atoms with Gasteiger partial charge in [-0.1, -0.05) is 35.9 Å². The van der Waals surface area contributed by atoms with Crippen molar-refractivity contribution in [2.24, 2.45) is 17.3 Å². The molecule has 0 aromatic heterocycles. The fourth-order valence-electron chi connectivity index (χ4n) is 4.31. The molecule has 27 heavy (non-hydrogen) atoms. The van der Waals surface area contributed by atoms with Gasteiger partial charge >= 0.3 is 0 Å². The Morgan fingerprint density at radius 1 is 1.22 bits per heavy atom. The van der Waals surface area contributed by atoms with Gasteiger partial charge < -0.3 is 5.41 Å². The lowest BCUT2D eigenvalue weighted by molar-refractivity contribution is 0.182. The first-order valence-electron chi connectivity index (χ1n) is 8.90. The largest absolute Gasteiger partial charge is 0.308 e. The van der Waals surface area contributed by atoms with Crippen molar-refractivity contribution in [2.75, 3.05) is 13.1 Å². The van der Waals surface area contributed by atoms with Crippen molar-refractivity contribution in [3.63, 3.8) is 0 Å². The number of nitriles is 3. The van der Waals surface area contributed by atoms with Gasteiger partial charge in [0.05, 0.1) is 18.2 Å². The number of benzene rings is 1. The topological polar surface area (TPSA) is 98.5 Å². The third-order valence-corrected chi connectivity index (χ3v) is 6.11. The molecule has 1 heterocycles. The molecule has 0 saturated heterocycles. The van der Waals surface area contributed by atoms with Gasteiger partial charge in [-0.05, 0) is 31.1 Å². The van der Waals surface area contributed by atoms with Crippen LogP contribution in [0.2, 0.25) is 5.02 Å². The van der Waals surface area contributed by atoms with Crippen LogP contribution >= 0.6 is 11.6 Å². The summed E-state index contributed by atoms with van der Waals surface area (Å²) in [5.41, 5.74) is -0.0779. The van der Waals surface area contributed by atoms with Crippen LogP contribution in [-0.2, 0) is 0 Å². The Kier molecular flexibility index (Phi) is 5.07. The molecule has 1 aromatic rings. The summed E-state index contributed by atoms with van der Waals surface area (Å²) in [6, 6.07) is 13.8. The monoisotopic (exact) mass is 377 g/mol. The zero-order chi connectivity index (χ0) is 19.8. The van der Waals surface area contributed by atoms with Crippen LogP contribution in [0.15, 0.2) is 35.9 Å². The van der Waals surface area contributed by atoms with E-state index in [4.69, 9.17) is 17.0 Å². The molecule has 1 unspecified atom stereocenters. The number of halogens is 1. The Morgan fingerprint density at radius 2 is 1.89 bits per heavy atom. The van der Waals surface area contributed by atoms with E-state index in [0.29, 0.717) is 23.7 Å². The van der Waals surface area contributed by atoms with Crippen molar-refractivity contribution in [3.05, 3.63) is 46.5 Å². The Hall–Kier alpha value is -2.65. The van der Waals surface area contributed by atoms with Crippen molar-refractivity contribution in [1.29, 1.82) is 21.2 Å². The van der Waals surface area contributed by atoms with Gasteiger partial charge in [0.25, 0.3) is 0 Å². The van der Waals surface area contributed by atoms with Gasteiger partial charge in [0.1, 0.15) is 5.92 Å². The first-order valence-corrected chi connectivity index (χ1v) is 9.28. The first kappa shape index (κ1) is 19.1. The van der Waals surface area contributed by atoms with E-state index in [1.54, 1.807) is 6.07 Å². The lowest BCUT2D eigenvalue weighted by Gasteiger charge is -2.48. The smallest absolute Gasteiger partial charge is 0.186 e. The predicted octanol–water partition coefficient (Wildman–Crippen LogP) is 3.90. The summed E-state index contributed by atoms with van der Waals surface area (Å²) in [4.78, 5) is 2.25. The van der Waals surface area contributed by atoms with Crippen molar-refractivity contribution in [3.8, 4) is 18.2 Å². The average Bonchev–Trinajstić information content (AvgIpc) is 2.67. The van der Waals surface area contributed by atoms with E-state index in [9.17, 15) is 15.8 Å². The third-order valence-electron chi connectivity index (χ3n) is 5.77. The summed E-state index contributed by atoms with van der Waals surface area (Å²) in [5, 5.41) is 38.8. The Balaban J connectivity index is 2.24. The zero-order valence-corrected chi connectivity index (χ0v) is 16.0. The SMILES string of the molecule is CC(C)N1CC=C2[C@@H](C1)[C@@H](c1ccccc1Cl)C(=N)C(C#N)C2(C#N)C#N. The summed E-state index contributed by atoms with van der Waals surface area (Å²) in [6.45, 7) is 5.43. The number of hydrogen-bond acceptors (Lipinski definition) is 5. The molecule has 0 radical (unpaired) electrons. The molecule has 5 nitrogen and oxygen atoms in total. The molecule has 1 aliphatic carbocycles. The predicted molar refractivity (Wildman–Crippen MR) is 103 cm³/mol. The van der Waals surface area contributed by atoms with Gasteiger partial charge in [0.15, 0.2) is 5.41 Å². The van der Waals surface area contributed by atoms with Gasteiger partial charge in [-0.15, -0.1) is 0 Å². The molecule has 1 N–H and O–H groups in total. The molecule has 1 fully saturated rings. The molecule has 1 aromatic carbocycles. The average molecular weight is 378 g/mol. The van der Waals surface area contributed by atoms with Crippen molar-refractivity contribution in [2.45, 2.75) is 25.8 Å². The van der Waals surface area contributed by atoms with E-state index in [0.717, 1.165) is 5.56 Å². The number of nitrogens with one attached hydrogen (secondary N) is 1. The fraction of sp³-hybridized carbons (Fsp3) is 0.429. The van der Waals surface area contributed by atoms with Gasteiger partial charge in [0, 0.05) is 41.7 Å². The highest BCUT2D eigenvalue weighted by molar-refractivity contribution is 6.31. The Morgan fingerprint density at radius 3 is 2.44 bits per heavy atom. The quantitative estimate of drug-likeness (QED) is 0.790. The van der Waals surface area contributed by atoms with Crippen LogP contribution in [0, 0.1) is 56.7 Å². The van der Waals surface area contributed by atoms with Crippen molar-refractivity contribution < 1.29 is 0 Å². The minimum atomic E-state index is -1.61. The Labute approximate surface area is 164 Å². The van der Waals surface area contributed by atoms with E-state index in [-0.39, 0.29) is 17.7 Å². The van der Waals surface area contributed by atoms with E-state index >= 15 is 0 Å². The molecule has 2 aliphatic rings. The van der Waals surface area contributed by atoms with Crippen LogP contribution in [0.4, 0.5) is 0 Å². The van der Waals surface area contributed by atoms with E-state index in [1.807, 2.05) is 24.3 Å². The van der Waals surface area contributed by atoms with Gasteiger partial charge in [0.2, 0.25) is 0 Å². The van der Waals surface area contributed by atoms with Crippen LogP contribution in [-0.4, -0.2) is 29.7 Å². The molecule has 0 spiro atoms. The molecular formula is C21H20ClN5. The van der Waals surface area contributed by atoms with E-state index in [2.05, 4.69) is 37.0 Å². The number of rotatable bonds is 2. The molecule has 0 bridgehead atoms.